The molecule has 2 heterocycles. The van der Waals surface area contributed by atoms with Gasteiger partial charge in [-0.2, -0.15) is 0 Å². The lowest BCUT2D eigenvalue weighted by atomic mass is 9.90. The second-order valence-electron chi connectivity index (χ2n) is 14.1. The molecule has 52 heavy (non-hydrogen) atoms. The van der Waals surface area contributed by atoms with Crippen LogP contribution in [0.25, 0.3) is 6.08 Å². The van der Waals surface area contributed by atoms with E-state index in [2.05, 4.69) is 10.6 Å². The van der Waals surface area contributed by atoms with Gasteiger partial charge in [0, 0.05) is 42.9 Å². The van der Waals surface area contributed by atoms with Crippen molar-refractivity contribution < 1.29 is 57.9 Å². The van der Waals surface area contributed by atoms with Crippen LogP contribution in [0, 0.1) is 5.41 Å². The molecule has 2 amide bonds. The number of esters is 3. The third kappa shape index (κ3) is 7.94. The number of ether oxygens (including phenoxy) is 5. The minimum absolute atomic E-state index is 0.0611. The highest BCUT2D eigenvalue weighted by molar-refractivity contribution is 5.98. The molecule has 0 bridgehead atoms. The fourth-order valence-corrected chi connectivity index (χ4v) is 6.82. The van der Waals surface area contributed by atoms with Gasteiger partial charge in [-0.15, -0.1) is 0 Å². The van der Waals surface area contributed by atoms with E-state index < -0.39 is 77.5 Å². The number of benzene rings is 2. The Bertz CT molecular complexity index is 1770. The molecular weight excluding hydrogens is 676 g/mol. The Morgan fingerprint density at radius 2 is 1.77 bits per heavy atom. The maximum atomic E-state index is 13.6. The van der Waals surface area contributed by atoms with E-state index in [9.17, 15) is 29.1 Å². The van der Waals surface area contributed by atoms with Crippen LogP contribution in [0.15, 0.2) is 66.3 Å². The van der Waals surface area contributed by atoms with Crippen molar-refractivity contribution in [3.8, 4) is 0 Å². The van der Waals surface area contributed by atoms with Gasteiger partial charge in [-0.25, -0.2) is 14.4 Å². The molecule has 1 spiro atoms. The molecule has 4 aliphatic rings. The van der Waals surface area contributed by atoms with Gasteiger partial charge >= 0.3 is 17.9 Å². The van der Waals surface area contributed by atoms with Crippen molar-refractivity contribution >= 4 is 35.8 Å². The number of nitrogens with one attached hydrogen (secondary N) is 2. The third-order valence-electron chi connectivity index (χ3n) is 9.51. The highest BCUT2D eigenvalue weighted by Gasteiger charge is 2.55. The Kier molecular flexibility index (Phi) is 10.6. The zero-order valence-electron chi connectivity index (χ0n) is 29.0. The molecule has 2 aromatic carbocycles. The first kappa shape index (κ1) is 36.9. The largest absolute Gasteiger partial charge is 0.462 e. The smallest absolute Gasteiger partial charge is 0.348 e. The molecule has 6 unspecified atom stereocenters. The van der Waals surface area contributed by atoms with Gasteiger partial charge in [-0.1, -0.05) is 50.2 Å². The molecule has 2 saturated heterocycles. The van der Waals surface area contributed by atoms with Crippen molar-refractivity contribution in [3.63, 3.8) is 0 Å². The monoisotopic (exact) mass is 718 g/mol. The summed E-state index contributed by atoms with van der Waals surface area (Å²) in [5, 5.41) is 24.4. The number of cyclic esters (lactones) is 1. The van der Waals surface area contributed by atoms with Gasteiger partial charge in [-0.05, 0) is 47.9 Å². The molecule has 0 aromatic heterocycles. The molecule has 0 saturated carbocycles. The Balaban J connectivity index is 1.19. The summed E-state index contributed by atoms with van der Waals surface area (Å²) in [6.07, 6.45) is 0.209. The highest BCUT2D eigenvalue weighted by atomic mass is 16.8. The van der Waals surface area contributed by atoms with E-state index >= 15 is 0 Å². The van der Waals surface area contributed by atoms with Crippen molar-refractivity contribution in [1.82, 2.24) is 10.6 Å². The summed E-state index contributed by atoms with van der Waals surface area (Å²) < 4.78 is 29.4. The Labute approximate surface area is 300 Å². The zero-order valence-corrected chi connectivity index (χ0v) is 29.0. The molecule has 4 N–H and O–H groups in total. The Morgan fingerprint density at radius 1 is 1.04 bits per heavy atom. The van der Waals surface area contributed by atoms with Gasteiger partial charge in [0.25, 0.3) is 0 Å². The molecule has 0 radical (unpaired) electrons. The van der Waals surface area contributed by atoms with Crippen LogP contribution in [0.4, 0.5) is 0 Å². The minimum Gasteiger partial charge on any atom is -0.462 e. The van der Waals surface area contributed by atoms with Gasteiger partial charge in [0.2, 0.25) is 17.9 Å². The lowest BCUT2D eigenvalue weighted by molar-refractivity contribution is -0.172. The summed E-state index contributed by atoms with van der Waals surface area (Å²) in [5.74, 6) is -4.46. The van der Waals surface area contributed by atoms with Gasteiger partial charge in [0.15, 0.2) is 5.79 Å². The normalized spacial score (nSPS) is 25.0. The maximum absolute atomic E-state index is 13.6. The minimum atomic E-state index is -1.32. The van der Waals surface area contributed by atoms with E-state index in [1.165, 1.54) is 25.1 Å². The van der Waals surface area contributed by atoms with Crippen molar-refractivity contribution in [2.45, 2.75) is 82.4 Å². The SMILES string of the molecule is CC(O)C(NC(=O)C1=CC2OC3(Cc4ccccc4C3)OC2C(OC(=O)c2cccc(C=CC(=O)OC3C(=O)OCC3(C)C)c2)C1)C(=O)NCCO. The van der Waals surface area contributed by atoms with E-state index in [4.69, 9.17) is 28.8 Å². The maximum Gasteiger partial charge on any atom is 0.348 e. The number of amides is 2. The topological polar surface area (TPSA) is 196 Å². The lowest BCUT2D eigenvalue weighted by Gasteiger charge is -2.31. The number of carbonyl (C=O) groups is 5. The number of hydrogen-bond acceptors (Lipinski definition) is 12. The lowest BCUT2D eigenvalue weighted by Crippen LogP contribution is -2.54. The molecule has 2 aliphatic carbocycles. The van der Waals surface area contributed by atoms with Crippen molar-refractivity contribution in [1.29, 1.82) is 0 Å². The average molecular weight is 719 g/mol. The molecule has 276 valence electrons. The number of carbonyl (C=O) groups excluding carboxylic acids is 5. The molecule has 6 rings (SSSR count). The van der Waals surface area contributed by atoms with Gasteiger partial charge < -0.3 is 44.5 Å². The summed E-state index contributed by atoms with van der Waals surface area (Å²) >= 11 is 0. The molecule has 2 aliphatic heterocycles. The fraction of sp³-hybridized carbons (Fsp3) is 0.447. The van der Waals surface area contributed by atoms with Crippen LogP contribution in [-0.2, 0) is 55.7 Å². The van der Waals surface area contributed by atoms with E-state index in [0.29, 0.717) is 18.4 Å². The van der Waals surface area contributed by atoms with Crippen LogP contribution in [0.3, 0.4) is 0 Å². The van der Waals surface area contributed by atoms with E-state index in [-0.39, 0.29) is 37.3 Å². The number of rotatable bonds is 11. The predicted molar refractivity (Wildman–Crippen MR) is 182 cm³/mol. The van der Waals surface area contributed by atoms with E-state index in [1.807, 2.05) is 24.3 Å². The van der Waals surface area contributed by atoms with Crippen LogP contribution in [0.5, 0.6) is 0 Å². The number of fused-ring (bicyclic) bond motifs is 2. The molecular formula is C38H42N2O12. The first-order valence-corrected chi connectivity index (χ1v) is 17.1. The second kappa shape index (κ2) is 15.0. The average Bonchev–Trinajstić information content (AvgIpc) is 3.75. The van der Waals surface area contributed by atoms with Gasteiger partial charge in [-0.3, -0.25) is 9.59 Å². The van der Waals surface area contributed by atoms with Gasteiger partial charge in [0.1, 0.15) is 31.0 Å². The summed E-state index contributed by atoms with van der Waals surface area (Å²) in [6.45, 7) is 4.63. The summed E-state index contributed by atoms with van der Waals surface area (Å²) in [7, 11) is 0. The standard InChI is InChI=1S/C38H42N2O12/c1-21(42)30(34(45)39-13-14-41)40-33(44)26-16-27(31-28(17-26)51-38(52-31)18-24-8-4-5-9-25(24)19-38)49-35(46)23-10-6-7-22(15-23)11-12-29(43)50-32-36(47)48-20-37(32,2)3/h4-12,15,17,21,27-28,30-32,41-42H,13-14,16,18-20H2,1-3H3,(H,39,45)(H,40,44). The molecule has 2 fully saturated rings. The second-order valence-corrected chi connectivity index (χ2v) is 14.1. The fourth-order valence-electron chi connectivity index (χ4n) is 6.82. The van der Waals surface area contributed by atoms with Crippen molar-refractivity contribution in [2.75, 3.05) is 19.8 Å². The summed E-state index contributed by atoms with van der Waals surface area (Å²) in [4.78, 5) is 64.4. The Morgan fingerprint density at radius 3 is 2.42 bits per heavy atom. The summed E-state index contributed by atoms with van der Waals surface area (Å²) in [6, 6.07) is 12.9. The van der Waals surface area contributed by atoms with Crippen LogP contribution in [-0.4, -0.2) is 102 Å². The van der Waals surface area contributed by atoms with Gasteiger partial charge in [0.05, 0.1) is 18.3 Å². The molecule has 14 heteroatoms. The summed E-state index contributed by atoms with van der Waals surface area (Å²) in [5.41, 5.74) is 2.26. The molecule has 2 aromatic rings. The number of aliphatic hydroxyl groups is 2. The van der Waals surface area contributed by atoms with Crippen molar-refractivity contribution in [3.05, 3.63) is 88.5 Å². The van der Waals surface area contributed by atoms with E-state index in [1.54, 1.807) is 32.1 Å². The quantitative estimate of drug-likeness (QED) is 0.148. The van der Waals surface area contributed by atoms with Crippen LogP contribution in [0.2, 0.25) is 0 Å². The number of aliphatic hydroxyl groups excluding tert-OH is 2. The Hall–Kier alpha value is -4.89. The first-order chi connectivity index (χ1) is 24.8. The number of hydrogen-bond donors (Lipinski definition) is 4. The van der Waals surface area contributed by atoms with E-state index in [0.717, 1.165) is 17.2 Å². The zero-order chi connectivity index (χ0) is 37.2. The van der Waals surface area contributed by atoms with Crippen LogP contribution >= 0.6 is 0 Å². The third-order valence-corrected chi connectivity index (χ3v) is 9.51. The predicted octanol–water partition coefficient (Wildman–Crippen LogP) is 1.30. The molecule has 6 atom stereocenters. The van der Waals surface area contributed by atoms with Crippen molar-refractivity contribution in [2.24, 2.45) is 5.41 Å². The highest BCUT2D eigenvalue weighted by Crippen LogP contribution is 2.45. The van der Waals surface area contributed by atoms with Crippen LogP contribution in [0.1, 0.15) is 54.2 Å². The van der Waals surface area contributed by atoms with Crippen LogP contribution < -0.4 is 10.6 Å². The molecule has 14 nitrogen and oxygen atoms in total. The first-order valence-electron chi connectivity index (χ1n) is 17.1.